The van der Waals surface area contributed by atoms with Gasteiger partial charge in [-0.25, -0.2) is 0 Å². The van der Waals surface area contributed by atoms with Crippen molar-refractivity contribution in [2.45, 2.75) is 19.9 Å². The summed E-state index contributed by atoms with van der Waals surface area (Å²) in [6, 6.07) is 10.8. The van der Waals surface area contributed by atoms with E-state index in [-0.39, 0.29) is 24.5 Å². The van der Waals surface area contributed by atoms with Crippen LogP contribution >= 0.6 is 0 Å². The van der Waals surface area contributed by atoms with E-state index in [9.17, 15) is 19.5 Å². The number of hydrogen-bond acceptors (Lipinski definition) is 7. The van der Waals surface area contributed by atoms with E-state index < -0.39 is 23.7 Å². The van der Waals surface area contributed by atoms with E-state index in [1.54, 1.807) is 36.4 Å². The van der Waals surface area contributed by atoms with Crippen molar-refractivity contribution in [2.75, 3.05) is 27.4 Å². The van der Waals surface area contributed by atoms with Crippen molar-refractivity contribution in [2.24, 2.45) is 0 Å². The summed E-state index contributed by atoms with van der Waals surface area (Å²) in [5, 5.41) is 11.2. The molecule has 1 unspecified atom stereocenters. The highest BCUT2D eigenvalue weighted by Gasteiger charge is 2.46. The first kappa shape index (κ1) is 23.0. The second kappa shape index (κ2) is 9.65. The van der Waals surface area contributed by atoms with Crippen LogP contribution in [0.25, 0.3) is 5.76 Å². The normalized spacial score (nSPS) is 17.5. The fourth-order valence-corrected chi connectivity index (χ4v) is 3.68. The van der Waals surface area contributed by atoms with E-state index in [4.69, 9.17) is 14.2 Å². The van der Waals surface area contributed by atoms with Crippen molar-refractivity contribution >= 4 is 23.4 Å². The number of hydrogen-bond donors (Lipinski definition) is 1. The van der Waals surface area contributed by atoms with Crippen molar-refractivity contribution < 1.29 is 33.7 Å². The van der Waals surface area contributed by atoms with Gasteiger partial charge in [0.05, 0.1) is 30.9 Å². The molecule has 1 aliphatic heterocycles. The molecule has 0 aliphatic carbocycles. The van der Waals surface area contributed by atoms with Gasteiger partial charge in [0.15, 0.2) is 0 Å². The molecule has 1 saturated heterocycles. The fraction of sp³-hybridized carbons (Fsp3) is 0.292. The summed E-state index contributed by atoms with van der Waals surface area (Å²) in [6.07, 6.45) is 0. The highest BCUT2D eigenvalue weighted by atomic mass is 16.5. The third kappa shape index (κ3) is 4.50. The van der Waals surface area contributed by atoms with E-state index in [1.165, 1.54) is 26.0 Å². The van der Waals surface area contributed by atoms with Gasteiger partial charge in [-0.3, -0.25) is 14.4 Å². The number of amides is 1. The van der Waals surface area contributed by atoms with Crippen LogP contribution in [-0.2, 0) is 19.1 Å². The first-order valence-electron chi connectivity index (χ1n) is 9.99. The fourth-order valence-electron chi connectivity index (χ4n) is 3.68. The average molecular weight is 439 g/mol. The second-order valence-corrected chi connectivity index (χ2v) is 7.35. The quantitative estimate of drug-likeness (QED) is 0.233. The molecule has 32 heavy (non-hydrogen) atoms. The molecule has 8 nitrogen and oxygen atoms in total. The molecule has 0 aromatic heterocycles. The Morgan fingerprint density at radius 1 is 1.09 bits per heavy atom. The zero-order valence-corrected chi connectivity index (χ0v) is 18.4. The molecular weight excluding hydrogens is 414 g/mol. The number of nitrogens with zero attached hydrogens (tertiary/aromatic N) is 1. The Balaban J connectivity index is 2.17. The molecule has 8 heteroatoms. The molecule has 1 fully saturated rings. The first-order chi connectivity index (χ1) is 15.3. The Morgan fingerprint density at radius 3 is 2.38 bits per heavy atom. The molecule has 0 spiro atoms. The van der Waals surface area contributed by atoms with Crippen LogP contribution in [0.15, 0.2) is 48.0 Å². The maximum Gasteiger partial charge on any atom is 0.308 e. The number of aryl methyl sites for hydroxylation is 1. The Morgan fingerprint density at radius 2 is 1.78 bits per heavy atom. The van der Waals surface area contributed by atoms with Crippen LogP contribution in [0, 0.1) is 6.92 Å². The minimum Gasteiger partial charge on any atom is -0.507 e. The summed E-state index contributed by atoms with van der Waals surface area (Å²) < 4.78 is 15.5. The van der Waals surface area contributed by atoms with E-state index in [2.05, 4.69) is 0 Å². The van der Waals surface area contributed by atoms with Crippen LogP contribution in [0.1, 0.15) is 29.7 Å². The molecule has 2 aromatic carbocycles. The van der Waals surface area contributed by atoms with Gasteiger partial charge in [-0.1, -0.05) is 23.8 Å². The summed E-state index contributed by atoms with van der Waals surface area (Å²) in [6.45, 7) is 3.50. The summed E-state index contributed by atoms with van der Waals surface area (Å²) in [4.78, 5) is 38.4. The lowest BCUT2D eigenvalue weighted by Crippen LogP contribution is -2.32. The van der Waals surface area contributed by atoms with Gasteiger partial charge in [-0.05, 0) is 36.8 Å². The summed E-state index contributed by atoms with van der Waals surface area (Å²) in [5.41, 5.74) is 1.70. The highest BCUT2D eigenvalue weighted by molar-refractivity contribution is 6.46. The van der Waals surface area contributed by atoms with Crippen molar-refractivity contribution in [1.82, 2.24) is 4.90 Å². The lowest BCUT2D eigenvalue weighted by molar-refractivity contribution is -0.140. The molecule has 0 radical (unpaired) electrons. The van der Waals surface area contributed by atoms with E-state index >= 15 is 0 Å². The zero-order chi connectivity index (χ0) is 23.4. The Kier molecular flexibility index (Phi) is 6.95. The van der Waals surface area contributed by atoms with E-state index in [0.29, 0.717) is 22.6 Å². The summed E-state index contributed by atoms with van der Waals surface area (Å²) in [5.74, 6) is -1.61. The van der Waals surface area contributed by atoms with Crippen molar-refractivity contribution in [3.63, 3.8) is 0 Å². The van der Waals surface area contributed by atoms with Gasteiger partial charge in [0.1, 0.15) is 17.3 Å². The Hall–Kier alpha value is -3.65. The highest BCUT2D eigenvalue weighted by Crippen LogP contribution is 2.41. The number of aliphatic hydroxyl groups is 1. The number of carbonyl (C=O) groups excluding carboxylic acids is 3. The maximum absolute atomic E-state index is 13.0. The number of ketones is 1. The molecule has 1 heterocycles. The first-order valence-corrected chi connectivity index (χ1v) is 9.99. The molecule has 3 rings (SSSR count). The molecule has 1 amide bonds. The minimum absolute atomic E-state index is 0.0461. The summed E-state index contributed by atoms with van der Waals surface area (Å²) >= 11 is 0. The van der Waals surface area contributed by atoms with Gasteiger partial charge in [0.2, 0.25) is 0 Å². The van der Waals surface area contributed by atoms with Gasteiger partial charge >= 0.3 is 5.97 Å². The van der Waals surface area contributed by atoms with Crippen molar-refractivity contribution in [3.05, 3.63) is 64.7 Å². The van der Waals surface area contributed by atoms with Crippen molar-refractivity contribution in [1.29, 1.82) is 0 Å². The van der Waals surface area contributed by atoms with Crippen LogP contribution < -0.4 is 9.47 Å². The SMILES string of the molecule is COCCN1C(=O)C(=O)/C(=C(/O)c2cc(C)ccc2OC)C1c1ccc(OC(C)=O)cc1. The third-order valence-electron chi connectivity index (χ3n) is 5.14. The van der Waals surface area contributed by atoms with E-state index in [0.717, 1.165) is 5.56 Å². The average Bonchev–Trinajstić information content (AvgIpc) is 3.02. The predicted octanol–water partition coefficient (Wildman–Crippen LogP) is 3.00. The van der Waals surface area contributed by atoms with Gasteiger partial charge in [-0.15, -0.1) is 0 Å². The number of rotatable bonds is 7. The second-order valence-electron chi connectivity index (χ2n) is 7.35. The van der Waals surface area contributed by atoms with Gasteiger partial charge in [0, 0.05) is 20.6 Å². The number of aliphatic hydroxyl groups excluding tert-OH is 1. The van der Waals surface area contributed by atoms with Gasteiger partial charge in [0.25, 0.3) is 11.7 Å². The van der Waals surface area contributed by atoms with Crippen LogP contribution in [0.4, 0.5) is 0 Å². The smallest absolute Gasteiger partial charge is 0.308 e. The monoisotopic (exact) mass is 439 g/mol. The topological polar surface area (TPSA) is 102 Å². The number of methoxy groups -OCH3 is 2. The molecule has 168 valence electrons. The van der Waals surface area contributed by atoms with Crippen molar-refractivity contribution in [3.8, 4) is 11.5 Å². The van der Waals surface area contributed by atoms with Gasteiger partial charge < -0.3 is 24.2 Å². The molecular formula is C24H25NO7. The van der Waals surface area contributed by atoms with Crippen LogP contribution in [0.2, 0.25) is 0 Å². The minimum atomic E-state index is -0.846. The number of benzene rings is 2. The molecule has 2 aromatic rings. The molecule has 1 N–H and O–H groups in total. The standard InChI is InChI=1S/C24H25NO7/c1-14-5-10-19(31-4)18(13-14)22(27)20-21(25(11-12-30-3)24(29)23(20)28)16-6-8-17(9-7-16)32-15(2)26/h5-10,13,21,27H,11-12H2,1-4H3/b22-20+. The predicted molar refractivity (Wildman–Crippen MR) is 116 cm³/mol. The molecule has 1 atom stereocenters. The number of Topliss-reactive ketones (excluding diaryl/α,β-unsaturated/α-hetero) is 1. The zero-order valence-electron chi connectivity index (χ0n) is 18.4. The van der Waals surface area contributed by atoms with Crippen LogP contribution in [0.5, 0.6) is 11.5 Å². The third-order valence-corrected chi connectivity index (χ3v) is 5.14. The summed E-state index contributed by atoms with van der Waals surface area (Å²) in [7, 11) is 2.96. The largest absolute Gasteiger partial charge is 0.507 e. The Bertz CT molecular complexity index is 1070. The van der Waals surface area contributed by atoms with Crippen LogP contribution in [-0.4, -0.2) is 55.0 Å². The number of ether oxygens (including phenoxy) is 3. The molecule has 0 bridgehead atoms. The molecule has 0 saturated carbocycles. The number of esters is 1. The lowest BCUT2D eigenvalue weighted by Gasteiger charge is -2.25. The number of likely N-dealkylation sites (tertiary alicyclic amines) is 1. The number of carbonyl (C=O) groups is 3. The molecule has 1 aliphatic rings. The van der Waals surface area contributed by atoms with E-state index in [1.807, 2.05) is 13.0 Å². The van der Waals surface area contributed by atoms with Gasteiger partial charge in [-0.2, -0.15) is 0 Å². The van der Waals surface area contributed by atoms with Crippen LogP contribution in [0.3, 0.4) is 0 Å². The Labute approximate surface area is 186 Å². The maximum atomic E-state index is 13.0. The lowest BCUT2D eigenvalue weighted by atomic mass is 9.94.